The summed E-state index contributed by atoms with van der Waals surface area (Å²) in [5.74, 6) is 5.44. The van der Waals surface area contributed by atoms with E-state index in [4.69, 9.17) is 11.2 Å². The smallest absolute Gasteiger partial charge is 0.337 e. The van der Waals surface area contributed by atoms with Crippen LogP contribution in [0.25, 0.3) is 0 Å². The third kappa shape index (κ3) is 3.11. The highest BCUT2D eigenvalue weighted by molar-refractivity contribution is 5.91. The summed E-state index contributed by atoms with van der Waals surface area (Å²) in [5, 5.41) is 0. The van der Waals surface area contributed by atoms with Gasteiger partial charge in [0.1, 0.15) is 0 Å². The van der Waals surface area contributed by atoms with E-state index >= 15 is 0 Å². The highest BCUT2D eigenvalue weighted by Gasteiger charge is 2.65. The van der Waals surface area contributed by atoms with Crippen LogP contribution in [0.15, 0.2) is 35.7 Å². The Labute approximate surface area is 192 Å². The molecule has 3 fully saturated rings. The number of fused-ring (bicyclic) bond motifs is 5. The maximum Gasteiger partial charge on any atom is 0.337 e. The van der Waals surface area contributed by atoms with Crippen LogP contribution in [0.4, 0.5) is 0 Å². The zero-order chi connectivity index (χ0) is 22.5. The quantitative estimate of drug-likeness (QED) is 0.455. The zero-order valence-electron chi connectivity index (χ0n) is 19.4. The number of terminal acetylenes is 1. The van der Waals surface area contributed by atoms with E-state index in [-0.39, 0.29) is 11.4 Å². The summed E-state index contributed by atoms with van der Waals surface area (Å²) >= 11 is 0. The van der Waals surface area contributed by atoms with Gasteiger partial charge < -0.3 is 9.64 Å². The van der Waals surface area contributed by atoms with Gasteiger partial charge in [0.25, 0.3) is 0 Å². The SMILES string of the molecule is C#C[C@]1(OC(=O)C2=CN(C)C=CC2)CCC2C3CCC4=CC(=O)CCC4C3CCC21CC. The molecular weight excluding hydrogens is 398 g/mol. The molecule has 0 radical (unpaired) electrons. The van der Waals surface area contributed by atoms with E-state index in [1.807, 2.05) is 36.5 Å². The van der Waals surface area contributed by atoms with Crippen molar-refractivity contribution < 1.29 is 14.3 Å². The number of carbonyl (C=O) groups is 2. The molecule has 3 saturated carbocycles. The van der Waals surface area contributed by atoms with E-state index < -0.39 is 5.60 Å². The number of hydrogen-bond acceptors (Lipinski definition) is 4. The third-order valence-corrected chi connectivity index (χ3v) is 9.55. The van der Waals surface area contributed by atoms with E-state index in [9.17, 15) is 9.59 Å². The van der Waals surface area contributed by atoms with Crippen LogP contribution in [-0.4, -0.2) is 29.3 Å². The van der Waals surface area contributed by atoms with Gasteiger partial charge in [0.05, 0.1) is 5.57 Å². The van der Waals surface area contributed by atoms with Crippen LogP contribution < -0.4 is 0 Å². The second-order valence-corrected chi connectivity index (χ2v) is 10.7. The van der Waals surface area contributed by atoms with Crippen molar-refractivity contribution in [3.63, 3.8) is 0 Å². The second kappa shape index (κ2) is 7.94. The molecular formula is C28H35NO3. The van der Waals surface area contributed by atoms with Gasteiger partial charge in [-0.05, 0) is 87.3 Å². The van der Waals surface area contributed by atoms with Gasteiger partial charge in [0.15, 0.2) is 11.4 Å². The Bertz CT molecular complexity index is 952. The molecule has 0 aromatic carbocycles. The van der Waals surface area contributed by atoms with E-state index in [1.54, 1.807) is 0 Å². The average molecular weight is 434 g/mol. The molecule has 6 atom stereocenters. The fraction of sp³-hybridized carbons (Fsp3) is 0.643. The van der Waals surface area contributed by atoms with Crippen molar-refractivity contribution in [2.24, 2.45) is 29.1 Å². The number of nitrogens with zero attached hydrogens (tertiary/aromatic N) is 1. The number of carbonyl (C=O) groups excluding carboxylic acids is 2. The first-order chi connectivity index (χ1) is 15.4. The van der Waals surface area contributed by atoms with Gasteiger partial charge in [0.2, 0.25) is 0 Å². The monoisotopic (exact) mass is 433 g/mol. The number of rotatable bonds is 3. The van der Waals surface area contributed by atoms with Gasteiger partial charge in [-0.1, -0.05) is 24.5 Å². The Morgan fingerprint density at radius 3 is 2.81 bits per heavy atom. The van der Waals surface area contributed by atoms with Crippen LogP contribution in [0, 0.1) is 41.4 Å². The van der Waals surface area contributed by atoms with Crippen molar-refractivity contribution in [2.45, 2.75) is 76.7 Å². The molecule has 4 heteroatoms. The first kappa shape index (κ1) is 21.6. The van der Waals surface area contributed by atoms with Crippen LogP contribution in [0.1, 0.15) is 71.1 Å². The molecule has 4 nitrogen and oxygen atoms in total. The lowest BCUT2D eigenvalue weighted by atomic mass is 9.49. The minimum absolute atomic E-state index is 0.138. The van der Waals surface area contributed by atoms with E-state index in [1.165, 1.54) is 5.57 Å². The molecule has 5 aliphatic rings. The van der Waals surface area contributed by atoms with Gasteiger partial charge in [-0.2, -0.15) is 0 Å². The van der Waals surface area contributed by atoms with Gasteiger partial charge in [-0.25, -0.2) is 4.79 Å². The van der Waals surface area contributed by atoms with E-state index in [2.05, 4.69) is 12.8 Å². The van der Waals surface area contributed by atoms with Gasteiger partial charge in [-0.15, -0.1) is 6.42 Å². The summed E-state index contributed by atoms with van der Waals surface area (Å²) in [6.45, 7) is 2.24. The van der Waals surface area contributed by atoms with Crippen molar-refractivity contribution in [1.29, 1.82) is 0 Å². The maximum absolute atomic E-state index is 13.2. The lowest BCUT2D eigenvalue weighted by Gasteiger charge is -2.56. The molecule has 0 saturated heterocycles. The molecule has 4 aliphatic carbocycles. The largest absolute Gasteiger partial charge is 0.442 e. The summed E-state index contributed by atoms with van der Waals surface area (Å²) < 4.78 is 6.34. The Hall–Kier alpha value is -2.28. The molecule has 0 spiro atoms. The summed E-state index contributed by atoms with van der Waals surface area (Å²) in [6.07, 6.45) is 23.4. The lowest BCUT2D eigenvalue weighted by Crippen LogP contribution is -2.55. The molecule has 32 heavy (non-hydrogen) atoms. The van der Waals surface area contributed by atoms with Crippen molar-refractivity contribution in [1.82, 2.24) is 4.90 Å². The number of allylic oxidation sites excluding steroid dienone is 2. The molecule has 0 amide bonds. The van der Waals surface area contributed by atoms with Crippen LogP contribution in [-0.2, 0) is 14.3 Å². The van der Waals surface area contributed by atoms with Gasteiger partial charge >= 0.3 is 5.97 Å². The highest BCUT2D eigenvalue weighted by atomic mass is 16.6. The molecule has 170 valence electrons. The van der Waals surface area contributed by atoms with Crippen LogP contribution in [0.2, 0.25) is 0 Å². The molecule has 0 aromatic rings. The first-order valence-electron chi connectivity index (χ1n) is 12.5. The molecule has 0 aromatic heterocycles. The molecule has 5 rings (SSSR count). The Balaban J connectivity index is 1.42. The van der Waals surface area contributed by atoms with Crippen molar-refractivity contribution >= 4 is 11.8 Å². The van der Waals surface area contributed by atoms with Crippen LogP contribution in [0.5, 0.6) is 0 Å². The predicted molar refractivity (Wildman–Crippen MR) is 124 cm³/mol. The second-order valence-electron chi connectivity index (χ2n) is 10.7. The topological polar surface area (TPSA) is 46.6 Å². The Kier molecular flexibility index (Phi) is 5.35. The molecule has 1 aliphatic heterocycles. The minimum Gasteiger partial charge on any atom is -0.442 e. The zero-order valence-corrected chi connectivity index (χ0v) is 19.4. The number of ketones is 1. The number of hydrogen-bond donors (Lipinski definition) is 0. The van der Waals surface area contributed by atoms with Crippen LogP contribution in [0.3, 0.4) is 0 Å². The lowest BCUT2D eigenvalue weighted by molar-refractivity contribution is -0.169. The molecule has 5 unspecified atom stereocenters. The van der Waals surface area contributed by atoms with Gasteiger partial charge in [-0.3, -0.25) is 4.79 Å². The maximum atomic E-state index is 13.2. The van der Waals surface area contributed by atoms with Crippen LogP contribution >= 0.6 is 0 Å². The number of ether oxygens (including phenoxy) is 1. The predicted octanol–water partition coefficient (Wildman–Crippen LogP) is 5.17. The Morgan fingerprint density at radius 1 is 1.22 bits per heavy atom. The fourth-order valence-corrected chi connectivity index (χ4v) is 8.17. The molecule has 0 bridgehead atoms. The first-order valence-corrected chi connectivity index (χ1v) is 12.5. The summed E-state index contributed by atoms with van der Waals surface area (Å²) in [4.78, 5) is 27.1. The Morgan fingerprint density at radius 2 is 2.06 bits per heavy atom. The van der Waals surface area contributed by atoms with E-state index in [0.29, 0.717) is 47.9 Å². The minimum atomic E-state index is -0.812. The van der Waals surface area contributed by atoms with Crippen molar-refractivity contribution in [2.75, 3.05) is 7.05 Å². The third-order valence-electron chi connectivity index (χ3n) is 9.55. The van der Waals surface area contributed by atoms with E-state index in [0.717, 1.165) is 51.4 Å². The normalized spacial score (nSPS) is 40.4. The highest BCUT2D eigenvalue weighted by Crippen LogP contribution is 2.67. The van der Waals surface area contributed by atoms with Crippen molar-refractivity contribution in [3.05, 3.63) is 35.7 Å². The summed E-state index contributed by atoms with van der Waals surface area (Å²) in [7, 11) is 1.92. The van der Waals surface area contributed by atoms with Crippen molar-refractivity contribution in [3.8, 4) is 12.3 Å². The summed E-state index contributed by atoms with van der Waals surface area (Å²) in [5.41, 5.74) is 1.13. The standard InChI is InChI=1S/C28H35NO3/c1-4-27-14-12-23-22-11-9-21(30)17-19(22)8-10-24(23)25(27)13-15-28(27,5-2)32-26(31)20-7-6-16-29(3)18-20/h2,6,16-18,22-25H,4,7-15H2,1,3H3/t22?,23?,24?,25?,27?,28-/m0/s1. The van der Waals surface area contributed by atoms with Gasteiger partial charge in [0, 0.05) is 31.5 Å². The number of esters is 1. The fourth-order valence-electron chi connectivity index (χ4n) is 8.17. The molecule has 0 N–H and O–H groups in total. The average Bonchev–Trinajstić information content (AvgIpc) is 3.13. The molecule has 1 heterocycles. The summed E-state index contributed by atoms with van der Waals surface area (Å²) in [6, 6.07) is 0.